The number of rotatable bonds is 8. The first-order valence-electron chi connectivity index (χ1n) is 13.1. The second-order valence-electron chi connectivity index (χ2n) is 11.5. The van der Waals surface area contributed by atoms with Crippen LogP contribution in [0.25, 0.3) is 0 Å². The molecule has 4 rings (SSSR count). The Morgan fingerprint density at radius 1 is 1.08 bits per heavy atom. The quantitative estimate of drug-likeness (QED) is 0.474. The van der Waals surface area contributed by atoms with Gasteiger partial charge in [-0.3, -0.25) is 4.90 Å². The summed E-state index contributed by atoms with van der Waals surface area (Å²) in [5.41, 5.74) is 0.338. The first kappa shape index (κ1) is 27.5. The number of ether oxygens (including phenoxy) is 1. The highest BCUT2D eigenvalue weighted by molar-refractivity contribution is 5.56. The Morgan fingerprint density at radius 2 is 1.76 bits per heavy atom. The molecule has 0 bridgehead atoms. The van der Waals surface area contributed by atoms with E-state index in [1.165, 1.54) is 6.07 Å². The van der Waals surface area contributed by atoms with Crippen LogP contribution in [0.5, 0.6) is 5.75 Å². The molecule has 0 aliphatic carbocycles. The lowest BCUT2D eigenvalue weighted by molar-refractivity contribution is -0.00778. The molecule has 3 N–H and O–H groups in total. The largest absolute Gasteiger partial charge is 0.487 e. The maximum Gasteiger partial charge on any atom is 0.229 e. The molecule has 0 spiro atoms. The van der Waals surface area contributed by atoms with Crippen LogP contribution in [0.4, 0.5) is 26.2 Å². The molecule has 2 saturated heterocycles. The lowest BCUT2D eigenvalue weighted by Crippen LogP contribution is -2.61. The zero-order valence-electron chi connectivity index (χ0n) is 22.5. The summed E-state index contributed by atoms with van der Waals surface area (Å²) in [6.07, 6.45) is 4.30. The molecule has 0 amide bonds. The molecule has 0 unspecified atom stereocenters. The highest BCUT2D eigenvalue weighted by Gasteiger charge is 2.43. The van der Waals surface area contributed by atoms with Crippen molar-refractivity contribution >= 4 is 17.5 Å². The second kappa shape index (κ2) is 11.0. The highest BCUT2D eigenvalue weighted by Crippen LogP contribution is 2.38. The monoisotopic (exact) mass is 518 g/mol. The lowest BCUT2D eigenvalue weighted by atomic mass is 9.77. The average Bonchev–Trinajstić information content (AvgIpc) is 2.82. The van der Waals surface area contributed by atoms with Gasteiger partial charge >= 0.3 is 0 Å². The molecule has 2 aliphatic rings. The number of piperidine rings is 2. The zero-order chi connectivity index (χ0) is 26.8. The van der Waals surface area contributed by atoms with E-state index in [-0.39, 0.29) is 47.3 Å². The van der Waals surface area contributed by atoms with Gasteiger partial charge in [0, 0.05) is 48.5 Å². The fourth-order valence-corrected chi connectivity index (χ4v) is 5.57. The molecule has 204 valence electrons. The van der Waals surface area contributed by atoms with E-state index >= 15 is 0 Å². The molecule has 1 aromatic carbocycles. The summed E-state index contributed by atoms with van der Waals surface area (Å²) < 4.78 is 35.3. The molecule has 8 nitrogen and oxygen atoms in total. The molecule has 2 aliphatic heterocycles. The minimum atomic E-state index is -0.528. The molecule has 0 saturated carbocycles. The van der Waals surface area contributed by atoms with Crippen molar-refractivity contribution in [3.63, 3.8) is 0 Å². The van der Waals surface area contributed by atoms with Gasteiger partial charge in [0.05, 0.1) is 12.8 Å². The summed E-state index contributed by atoms with van der Waals surface area (Å²) in [7, 11) is 2.13. The van der Waals surface area contributed by atoms with Crippen LogP contribution in [0.1, 0.15) is 53.4 Å². The number of β-amino-alcohol motifs (C(OH)–C–C–N with tert-alkyl or cyclic N) is 1. The molecule has 0 atom stereocenters. The first-order valence-corrected chi connectivity index (χ1v) is 13.1. The predicted octanol–water partition coefficient (Wildman–Crippen LogP) is 4.40. The molecular weight excluding hydrogens is 478 g/mol. The number of nitrogens with zero attached hydrogens (tertiary/aromatic N) is 4. The molecule has 2 aromatic rings. The van der Waals surface area contributed by atoms with Crippen LogP contribution in [-0.4, -0.2) is 81.4 Å². The Labute approximate surface area is 218 Å². The number of nitrogens with one attached hydrogen (secondary N) is 2. The van der Waals surface area contributed by atoms with Crippen molar-refractivity contribution in [3.8, 4) is 5.75 Å². The third kappa shape index (κ3) is 6.66. The van der Waals surface area contributed by atoms with Crippen LogP contribution in [-0.2, 0) is 0 Å². The topological polar surface area (TPSA) is 85.8 Å². The Hall–Kier alpha value is -2.56. The summed E-state index contributed by atoms with van der Waals surface area (Å²) >= 11 is 0. The van der Waals surface area contributed by atoms with Gasteiger partial charge in [-0.25, -0.2) is 13.8 Å². The van der Waals surface area contributed by atoms with E-state index in [1.807, 2.05) is 0 Å². The van der Waals surface area contributed by atoms with Crippen molar-refractivity contribution in [2.45, 2.75) is 76.6 Å². The van der Waals surface area contributed by atoms with Crippen LogP contribution in [0, 0.1) is 11.6 Å². The number of aliphatic hydroxyl groups excluding tert-OH is 1. The van der Waals surface area contributed by atoms with E-state index in [0.717, 1.165) is 45.0 Å². The molecule has 0 radical (unpaired) electrons. The SMILES string of the molecule is CN1C(C)(C)CC(Nc2nc(Nc3ccc(OC4CCN(CCO)CC4)c(F)c3)ncc2F)CC1(C)C. The Kier molecular flexibility index (Phi) is 8.20. The predicted molar refractivity (Wildman–Crippen MR) is 141 cm³/mol. The first-order chi connectivity index (χ1) is 17.5. The van der Waals surface area contributed by atoms with E-state index < -0.39 is 11.6 Å². The van der Waals surface area contributed by atoms with E-state index in [9.17, 15) is 8.78 Å². The smallest absolute Gasteiger partial charge is 0.229 e. The van der Waals surface area contributed by atoms with Crippen LogP contribution >= 0.6 is 0 Å². The van der Waals surface area contributed by atoms with E-state index in [1.54, 1.807) is 12.1 Å². The molecule has 1 aromatic heterocycles. The van der Waals surface area contributed by atoms with Gasteiger partial charge in [0.15, 0.2) is 23.2 Å². The van der Waals surface area contributed by atoms with Gasteiger partial charge in [0.25, 0.3) is 0 Å². The maximum absolute atomic E-state index is 14.8. The van der Waals surface area contributed by atoms with Gasteiger partial charge in [0.1, 0.15) is 6.10 Å². The van der Waals surface area contributed by atoms with Gasteiger partial charge in [-0.15, -0.1) is 0 Å². The van der Waals surface area contributed by atoms with Crippen LogP contribution in [0.2, 0.25) is 0 Å². The standard InChI is InChI=1S/C27H40F2N6O2/c1-26(2)15-19(16-27(3,4)34(26)5)31-24-22(29)17-30-25(33-24)32-18-6-7-23(21(28)14-18)37-20-8-10-35(11-9-20)12-13-36/h6-7,14,17,19-20,36H,8-13,15-16H2,1-5H3,(H2,30,31,32,33). The van der Waals surface area contributed by atoms with Gasteiger partial charge in [-0.2, -0.15) is 4.98 Å². The van der Waals surface area contributed by atoms with Crippen molar-refractivity contribution in [3.05, 3.63) is 36.0 Å². The molecular formula is C27H40F2N6O2. The number of hydrogen-bond donors (Lipinski definition) is 3. The number of anilines is 3. The van der Waals surface area contributed by atoms with Gasteiger partial charge < -0.3 is 25.4 Å². The number of hydrogen-bond acceptors (Lipinski definition) is 8. The Morgan fingerprint density at radius 3 is 2.38 bits per heavy atom. The third-order valence-corrected chi connectivity index (χ3v) is 7.83. The average molecular weight is 519 g/mol. The maximum atomic E-state index is 14.8. The van der Waals surface area contributed by atoms with Crippen molar-refractivity contribution < 1.29 is 18.6 Å². The van der Waals surface area contributed by atoms with E-state index in [4.69, 9.17) is 9.84 Å². The number of aliphatic hydroxyl groups is 1. The molecule has 3 heterocycles. The Bertz CT molecular complexity index is 1060. The third-order valence-electron chi connectivity index (χ3n) is 7.83. The van der Waals surface area contributed by atoms with Crippen molar-refractivity contribution in [1.29, 1.82) is 0 Å². The highest BCUT2D eigenvalue weighted by atomic mass is 19.1. The minimum absolute atomic E-state index is 0.0443. The summed E-state index contributed by atoms with van der Waals surface area (Å²) in [6.45, 7) is 11.2. The molecule has 2 fully saturated rings. The number of likely N-dealkylation sites (tertiary alicyclic amines) is 2. The fourth-order valence-electron chi connectivity index (χ4n) is 5.57. The van der Waals surface area contributed by atoms with E-state index in [2.05, 4.69) is 65.1 Å². The zero-order valence-corrected chi connectivity index (χ0v) is 22.5. The fraction of sp³-hybridized carbons (Fsp3) is 0.630. The Balaban J connectivity index is 1.39. The van der Waals surface area contributed by atoms with Gasteiger partial charge in [-0.1, -0.05) is 0 Å². The second-order valence-corrected chi connectivity index (χ2v) is 11.5. The summed E-state index contributed by atoms with van der Waals surface area (Å²) in [6, 6.07) is 4.66. The molecule has 10 heteroatoms. The van der Waals surface area contributed by atoms with Gasteiger partial charge in [-0.05, 0) is 72.6 Å². The van der Waals surface area contributed by atoms with Crippen molar-refractivity contribution in [2.24, 2.45) is 0 Å². The van der Waals surface area contributed by atoms with Crippen molar-refractivity contribution in [2.75, 3.05) is 43.9 Å². The number of benzene rings is 1. The normalized spacial score (nSPS) is 21.1. The summed E-state index contributed by atoms with van der Waals surface area (Å²) in [4.78, 5) is 12.9. The number of halogens is 2. The number of aromatic nitrogens is 2. The summed E-state index contributed by atoms with van der Waals surface area (Å²) in [5.74, 6) is -0.508. The van der Waals surface area contributed by atoms with Crippen molar-refractivity contribution in [1.82, 2.24) is 19.8 Å². The van der Waals surface area contributed by atoms with Crippen LogP contribution < -0.4 is 15.4 Å². The lowest BCUT2D eigenvalue weighted by Gasteiger charge is -2.53. The molecule has 37 heavy (non-hydrogen) atoms. The van der Waals surface area contributed by atoms with Crippen LogP contribution in [0.3, 0.4) is 0 Å². The summed E-state index contributed by atoms with van der Waals surface area (Å²) in [5, 5.41) is 15.3. The van der Waals surface area contributed by atoms with Crippen LogP contribution in [0.15, 0.2) is 24.4 Å². The minimum Gasteiger partial charge on any atom is -0.487 e. The van der Waals surface area contributed by atoms with Gasteiger partial charge in [0.2, 0.25) is 5.95 Å². The van der Waals surface area contributed by atoms with E-state index in [0.29, 0.717) is 12.2 Å².